The number of hydrogen-bond donors (Lipinski definition) is 1. The average molecular weight is 639 g/mol. The number of ether oxygens (including phenoxy) is 1. The summed E-state index contributed by atoms with van der Waals surface area (Å²) in [7, 11) is 3.21. The number of aliphatic hydroxyl groups excluding tert-OH is 1. The number of halogens is 1. The van der Waals surface area contributed by atoms with Gasteiger partial charge in [0.05, 0.1) is 25.5 Å². The predicted molar refractivity (Wildman–Crippen MR) is 162 cm³/mol. The molecule has 0 saturated carbocycles. The summed E-state index contributed by atoms with van der Waals surface area (Å²) in [5, 5.41) is 25.7. The van der Waals surface area contributed by atoms with E-state index in [9.17, 15) is 24.3 Å². The molecule has 44 heavy (non-hydrogen) atoms. The molecule has 1 amide bonds. The van der Waals surface area contributed by atoms with Gasteiger partial charge in [-0.05, 0) is 43.5 Å². The number of piperidine rings is 1. The smallest absolute Gasteiger partial charge is 0.323 e. The van der Waals surface area contributed by atoms with Gasteiger partial charge in [0.2, 0.25) is 10.9 Å². The number of methoxy groups -OCH3 is 1. The van der Waals surface area contributed by atoms with Gasteiger partial charge in [-0.3, -0.25) is 14.5 Å². The summed E-state index contributed by atoms with van der Waals surface area (Å²) in [4.78, 5) is 41.5. The summed E-state index contributed by atoms with van der Waals surface area (Å²) in [6, 6.07) is 7.52. The Morgan fingerprint density at radius 2 is 1.98 bits per heavy atom. The largest absolute Gasteiger partial charge is 0.468 e. The summed E-state index contributed by atoms with van der Waals surface area (Å²) < 4.78 is 20.4. The number of carbonyl (C=O) groups excluding carboxylic acids is 2. The zero-order valence-electron chi connectivity index (χ0n) is 24.4. The number of rotatable bonds is 8. The number of hydrogen-bond acceptors (Lipinski definition) is 12. The van der Waals surface area contributed by atoms with Crippen molar-refractivity contribution in [1.82, 2.24) is 29.4 Å². The highest BCUT2D eigenvalue weighted by Crippen LogP contribution is 2.40. The molecule has 2 atom stereocenters. The Kier molecular flexibility index (Phi) is 8.34. The number of aliphatic hydroxyl groups is 1. The molecule has 1 aromatic carbocycles. The van der Waals surface area contributed by atoms with Crippen LogP contribution in [0.3, 0.4) is 0 Å². The Labute approximate surface area is 260 Å². The molecule has 0 aliphatic carbocycles. The van der Waals surface area contributed by atoms with E-state index in [-0.39, 0.29) is 24.2 Å². The van der Waals surface area contributed by atoms with Crippen LogP contribution in [0.5, 0.6) is 0 Å². The molecule has 5 heterocycles. The molecule has 0 bridgehead atoms. The Morgan fingerprint density at radius 1 is 1.23 bits per heavy atom. The molecule has 2 aliphatic rings. The molecule has 6 rings (SSSR count). The quantitative estimate of drug-likeness (QED) is 0.286. The third-order valence-corrected chi connectivity index (χ3v) is 10.2. The number of likely N-dealkylation sites (tertiary alicyclic amines) is 2. The molecule has 1 N–H and O–H groups in total. The number of fused-ring (bicyclic) bond motifs is 1. The fourth-order valence-electron chi connectivity index (χ4n) is 5.70. The molecule has 4 aromatic rings. The van der Waals surface area contributed by atoms with Crippen LogP contribution in [0.2, 0.25) is 0 Å². The molecule has 2 aliphatic heterocycles. The Morgan fingerprint density at radius 3 is 2.64 bits per heavy atom. The number of benzene rings is 1. The van der Waals surface area contributed by atoms with Crippen LogP contribution in [0, 0.1) is 17.1 Å². The number of imidazole rings is 1. The van der Waals surface area contributed by atoms with Crippen LogP contribution in [-0.4, -0.2) is 98.8 Å². The number of aryl methyl sites for hydroxylation is 1. The SMILES string of the molecule is CCc1nc2sc(C3CCN(CC(=O)N4CC(O)C4)[C@H](C(=O)OC)C3)nn2c1N(C)c1nc(-c2ccc(F)cc2)c(C#N)s1. The number of aromatic nitrogens is 4. The summed E-state index contributed by atoms with van der Waals surface area (Å²) in [6.45, 7) is 3.26. The van der Waals surface area contributed by atoms with Gasteiger partial charge < -0.3 is 19.6 Å². The normalized spacial score (nSPS) is 19.1. The number of amides is 1. The second-order valence-corrected chi connectivity index (χ2v) is 12.9. The fraction of sp³-hybridized carbons (Fsp3) is 0.448. The lowest BCUT2D eigenvalue weighted by atomic mass is 9.91. The Hall–Kier alpha value is -3.97. The van der Waals surface area contributed by atoms with Crippen LogP contribution in [0.1, 0.15) is 41.3 Å². The first-order chi connectivity index (χ1) is 21.2. The standard InChI is InChI=1S/C29H31FN8O4S2/c1-4-20-26(35(2)28-33-24(22(12-31)43-28)16-5-7-18(30)8-6-16)38-29(32-20)44-25(34-38)17-9-10-36(21(11-17)27(41)42-3)15-23(40)37-13-19(39)14-37/h5-8,17,19,21,39H,4,9-11,13-15H2,1-3H3/t17?,21-/m0/s1. The van der Waals surface area contributed by atoms with Gasteiger partial charge in [-0.1, -0.05) is 29.6 Å². The zero-order chi connectivity index (χ0) is 31.1. The molecule has 2 fully saturated rings. The minimum Gasteiger partial charge on any atom is -0.468 e. The average Bonchev–Trinajstić information content (AvgIpc) is 3.72. The molecule has 0 spiro atoms. The van der Waals surface area contributed by atoms with Crippen molar-refractivity contribution in [3.8, 4) is 17.3 Å². The van der Waals surface area contributed by atoms with E-state index >= 15 is 0 Å². The van der Waals surface area contributed by atoms with Crippen molar-refractivity contribution in [2.75, 3.05) is 45.2 Å². The van der Waals surface area contributed by atoms with Crippen LogP contribution in [0.25, 0.3) is 16.2 Å². The van der Waals surface area contributed by atoms with E-state index in [2.05, 4.69) is 6.07 Å². The second-order valence-electron chi connectivity index (χ2n) is 10.9. The minimum atomic E-state index is -0.594. The molecule has 12 nitrogen and oxygen atoms in total. The number of anilines is 2. The van der Waals surface area contributed by atoms with Crippen molar-refractivity contribution in [1.29, 1.82) is 5.26 Å². The van der Waals surface area contributed by atoms with E-state index in [1.165, 1.54) is 41.9 Å². The summed E-state index contributed by atoms with van der Waals surface area (Å²) >= 11 is 2.71. The van der Waals surface area contributed by atoms with Gasteiger partial charge in [-0.2, -0.15) is 14.9 Å². The number of carbonyl (C=O) groups is 2. The van der Waals surface area contributed by atoms with Crippen LogP contribution in [0.15, 0.2) is 24.3 Å². The van der Waals surface area contributed by atoms with Gasteiger partial charge in [-0.25, -0.2) is 14.4 Å². The van der Waals surface area contributed by atoms with Crippen LogP contribution >= 0.6 is 22.7 Å². The summed E-state index contributed by atoms with van der Waals surface area (Å²) in [6.07, 6.45) is 1.31. The zero-order valence-corrected chi connectivity index (χ0v) is 26.1. The number of nitriles is 1. The minimum absolute atomic E-state index is 0.0404. The monoisotopic (exact) mass is 638 g/mol. The molecule has 1 unspecified atom stereocenters. The maximum absolute atomic E-state index is 13.5. The maximum atomic E-state index is 13.5. The fourth-order valence-corrected chi connectivity index (χ4v) is 7.60. The lowest BCUT2D eigenvalue weighted by molar-refractivity contribution is -0.152. The van der Waals surface area contributed by atoms with E-state index in [0.29, 0.717) is 65.1 Å². The van der Waals surface area contributed by atoms with Gasteiger partial charge >= 0.3 is 5.97 Å². The second kappa shape index (κ2) is 12.2. The first-order valence-corrected chi connectivity index (χ1v) is 15.9. The first kappa shape index (κ1) is 30.1. The van der Waals surface area contributed by atoms with Crippen molar-refractivity contribution >= 4 is 50.5 Å². The van der Waals surface area contributed by atoms with E-state index < -0.39 is 18.1 Å². The topological polar surface area (TPSA) is 140 Å². The predicted octanol–water partition coefficient (Wildman–Crippen LogP) is 3.18. The molecule has 3 aromatic heterocycles. The molecule has 15 heteroatoms. The first-order valence-electron chi connectivity index (χ1n) is 14.3. The van der Waals surface area contributed by atoms with Crippen LogP contribution in [0.4, 0.5) is 15.3 Å². The third-order valence-electron chi connectivity index (χ3n) is 8.13. The van der Waals surface area contributed by atoms with Crippen molar-refractivity contribution in [3.05, 3.63) is 45.7 Å². The lowest BCUT2D eigenvalue weighted by Gasteiger charge is -2.40. The molecular weight excluding hydrogens is 608 g/mol. The number of β-amino-alcohol motifs (C(OH)–C–C–N with tert-alkyl or cyclic N) is 1. The highest BCUT2D eigenvalue weighted by molar-refractivity contribution is 7.17. The van der Waals surface area contributed by atoms with Gasteiger partial charge in [0.25, 0.3) is 0 Å². The molecule has 2 saturated heterocycles. The van der Waals surface area contributed by atoms with Crippen molar-refractivity contribution in [3.63, 3.8) is 0 Å². The summed E-state index contributed by atoms with van der Waals surface area (Å²) in [5.41, 5.74) is 1.97. The van der Waals surface area contributed by atoms with Crippen LogP contribution in [-0.2, 0) is 20.7 Å². The number of nitrogens with zero attached hydrogens (tertiary/aromatic N) is 8. The van der Waals surface area contributed by atoms with E-state index in [0.717, 1.165) is 16.5 Å². The van der Waals surface area contributed by atoms with Crippen LogP contribution < -0.4 is 4.90 Å². The lowest BCUT2D eigenvalue weighted by Crippen LogP contribution is -2.58. The number of thiazole rings is 1. The number of esters is 1. The van der Waals surface area contributed by atoms with Crippen molar-refractivity contribution in [2.45, 2.75) is 44.2 Å². The van der Waals surface area contributed by atoms with E-state index in [4.69, 9.17) is 19.8 Å². The molecule has 230 valence electrons. The molecule has 0 radical (unpaired) electrons. The van der Waals surface area contributed by atoms with Gasteiger partial charge in [-0.15, -0.1) is 0 Å². The third kappa shape index (κ3) is 5.54. The Bertz CT molecular complexity index is 1740. The summed E-state index contributed by atoms with van der Waals surface area (Å²) in [5.74, 6) is -0.174. The molecular formula is C29H31FN8O4S2. The van der Waals surface area contributed by atoms with Gasteiger partial charge in [0.1, 0.15) is 33.5 Å². The maximum Gasteiger partial charge on any atom is 0.323 e. The van der Waals surface area contributed by atoms with Gasteiger partial charge in [0.15, 0.2) is 10.9 Å². The Balaban J connectivity index is 1.26. The highest BCUT2D eigenvalue weighted by Gasteiger charge is 2.39. The van der Waals surface area contributed by atoms with E-state index in [1.807, 2.05) is 23.8 Å². The van der Waals surface area contributed by atoms with Gasteiger partial charge in [0, 0.05) is 38.2 Å². The van der Waals surface area contributed by atoms with Crippen molar-refractivity contribution < 1.29 is 23.8 Å². The van der Waals surface area contributed by atoms with E-state index in [1.54, 1.807) is 21.5 Å². The van der Waals surface area contributed by atoms with Crippen molar-refractivity contribution in [2.24, 2.45) is 0 Å². The highest BCUT2D eigenvalue weighted by atomic mass is 32.1.